The Hall–Kier alpha value is -2.84. The van der Waals surface area contributed by atoms with E-state index in [1.165, 1.54) is 0 Å². The number of hydrogen-bond acceptors (Lipinski definition) is 7. The van der Waals surface area contributed by atoms with Crippen LogP contribution in [0.2, 0.25) is 0 Å². The van der Waals surface area contributed by atoms with E-state index in [4.69, 9.17) is 24.7 Å². The smallest absolute Gasteiger partial charge is 0.157 e. The lowest BCUT2D eigenvalue weighted by molar-refractivity contribution is -0.164. The molecule has 0 radical (unpaired) electrons. The van der Waals surface area contributed by atoms with Crippen LogP contribution in [0.3, 0.4) is 0 Å². The van der Waals surface area contributed by atoms with E-state index in [0.717, 1.165) is 25.9 Å². The van der Waals surface area contributed by atoms with Gasteiger partial charge in [0.2, 0.25) is 0 Å². The van der Waals surface area contributed by atoms with Gasteiger partial charge >= 0.3 is 0 Å². The van der Waals surface area contributed by atoms with Gasteiger partial charge in [-0.3, -0.25) is 0 Å². The van der Waals surface area contributed by atoms with E-state index in [2.05, 4.69) is 9.97 Å². The molecule has 144 valence electrons. The molecule has 1 aliphatic rings. The average Bonchev–Trinajstić information content (AvgIpc) is 2.77. The van der Waals surface area contributed by atoms with Crippen molar-refractivity contribution in [2.24, 2.45) is 0 Å². The SMILES string of the molecule is N#Cc1cccc(C(OCCCOC2CCCCO2)c2cccc(C#N)n2)n1. The van der Waals surface area contributed by atoms with Crippen molar-refractivity contribution in [3.63, 3.8) is 0 Å². The number of hydrogen-bond donors (Lipinski definition) is 0. The highest BCUT2D eigenvalue weighted by atomic mass is 16.7. The molecule has 3 rings (SSSR count). The van der Waals surface area contributed by atoms with Crippen molar-refractivity contribution < 1.29 is 14.2 Å². The molecule has 1 unspecified atom stereocenters. The second-order valence-corrected chi connectivity index (χ2v) is 6.39. The first-order valence-corrected chi connectivity index (χ1v) is 9.39. The summed E-state index contributed by atoms with van der Waals surface area (Å²) in [6.45, 7) is 1.72. The zero-order valence-corrected chi connectivity index (χ0v) is 15.6. The van der Waals surface area contributed by atoms with Crippen LogP contribution < -0.4 is 0 Å². The molecule has 7 heteroatoms. The molecule has 0 aromatic carbocycles. The zero-order valence-electron chi connectivity index (χ0n) is 15.6. The molecule has 7 nitrogen and oxygen atoms in total. The standard InChI is InChI=1S/C21H22N4O3/c22-14-16-6-3-8-18(24-16)21(19-9-4-7-17(15-23)25-19)28-13-5-12-27-20-10-1-2-11-26-20/h3-4,6-9,20-21H,1-2,5,10-13H2. The average molecular weight is 378 g/mol. The highest BCUT2D eigenvalue weighted by molar-refractivity contribution is 5.29. The maximum absolute atomic E-state index is 9.13. The van der Waals surface area contributed by atoms with Gasteiger partial charge in [0.1, 0.15) is 29.6 Å². The summed E-state index contributed by atoms with van der Waals surface area (Å²) in [7, 11) is 0. The predicted octanol–water partition coefficient (Wildman–Crippen LogP) is 3.26. The molecule has 0 N–H and O–H groups in total. The molecule has 1 atom stereocenters. The Morgan fingerprint density at radius 3 is 2.25 bits per heavy atom. The molecule has 1 aliphatic heterocycles. The third-order valence-corrected chi connectivity index (χ3v) is 4.32. The minimum atomic E-state index is -0.562. The topological polar surface area (TPSA) is 101 Å². The van der Waals surface area contributed by atoms with E-state index >= 15 is 0 Å². The van der Waals surface area contributed by atoms with Crippen LogP contribution in [0.25, 0.3) is 0 Å². The van der Waals surface area contributed by atoms with Crippen LogP contribution in [0.15, 0.2) is 36.4 Å². The minimum absolute atomic E-state index is 0.118. The molecular weight excluding hydrogens is 356 g/mol. The number of ether oxygens (including phenoxy) is 3. The third kappa shape index (κ3) is 5.58. The van der Waals surface area contributed by atoms with Crippen LogP contribution >= 0.6 is 0 Å². The van der Waals surface area contributed by atoms with Gasteiger partial charge in [-0.1, -0.05) is 12.1 Å². The first-order chi connectivity index (χ1) is 13.8. The van der Waals surface area contributed by atoms with Gasteiger partial charge in [-0.05, 0) is 49.9 Å². The molecule has 0 spiro atoms. The maximum atomic E-state index is 9.13. The number of rotatable bonds is 8. The van der Waals surface area contributed by atoms with Crippen LogP contribution in [0, 0.1) is 22.7 Å². The van der Waals surface area contributed by atoms with E-state index in [1.807, 2.05) is 12.1 Å². The van der Waals surface area contributed by atoms with Gasteiger partial charge in [-0.15, -0.1) is 0 Å². The Morgan fingerprint density at radius 1 is 1.00 bits per heavy atom. The normalized spacial score (nSPS) is 16.5. The van der Waals surface area contributed by atoms with Gasteiger partial charge in [-0.25, -0.2) is 9.97 Å². The van der Waals surface area contributed by atoms with Crippen molar-refractivity contribution in [2.45, 2.75) is 38.1 Å². The molecule has 0 saturated carbocycles. The largest absolute Gasteiger partial charge is 0.365 e. The first-order valence-electron chi connectivity index (χ1n) is 9.39. The molecule has 2 aromatic rings. The molecule has 1 saturated heterocycles. The minimum Gasteiger partial charge on any atom is -0.365 e. The summed E-state index contributed by atoms with van der Waals surface area (Å²) < 4.78 is 17.3. The Morgan fingerprint density at radius 2 is 1.68 bits per heavy atom. The summed E-state index contributed by atoms with van der Waals surface area (Å²) in [5.41, 5.74) is 1.77. The molecule has 1 fully saturated rings. The number of aromatic nitrogens is 2. The van der Waals surface area contributed by atoms with Gasteiger partial charge in [0.15, 0.2) is 6.29 Å². The van der Waals surface area contributed by atoms with Crippen molar-refractivity contribution in [1.82, 2.24) is 9.97 Å². The molecule has 2 aromatic heterocycles. The Balaban J connectivity index is 1.64. The fourth-order valence-electron chi connectivity index (χ4n) is 2.96. The maximum Gasteiger partial charge on any atom is 0.157 e. The fraction of sp³-hybridized carbons (Fsp3) is 0.429. The highest BCUT2D eigenvalue weighted by Crippen LogP contribution is 2.24. The van der Waals surface area contributed by atoms with Crippen molar-refractivity contribution >= 4 is 0 Å². The Labute approximate surface area is 164 Å². The van der Waals surface area contributed by atoms with Gasteiger partial charge in [0, 0.05) is 6.61 Å². The van der Waals surface area contributed by atoms with E-state index in [1.54, 1.807) is 36.4 Å². The Bertz CT molecular complexity index is 796. The van der Waals surface area contributed by atoms with Gasteiger partial charge < -0.3 is 14.2 Å². The first kappa shape index (κ1) is 19.9. The summed E-state index contributed by atoms with van der Waals surface area (Å²) in [5.74, 6) is 0. The summed E-state index contributed by atoms with van der Waals surface area (Å²) in [5, 5.41) is 18.3. The second kappa shape index (κ2) is 10.5. The van der Waals surface area contributed by atoms with Crippen molar-refractivity contribution in [2.75, 3.05) is 19.8 Å². The van der Waals surface area contributed by atoms with Gasteiger partial charge in [-0.2, -0.15) is 10.5 Å². The number of nitriles is 2. The van der Waals surface area contributed by atoms with Gasteiger partial charge in [0.05, 0.1) is 24.6 Å². The van der Waals surface area contributed by atoms with E-state index < -0.39 is 6.10 Å². The van der Waals surface area contributed by atoms with E-state index in [0.29, 0.717) is 42.4 Å². The summed E-state index contributed by atoms with van der Waals surface area (Å²) >= 11 is 0. The quantitative estimate of drug-likeness (QED) is 0.650. The lowest BCUT2D eigenvalue weighted by atomic mass is 10.1. The fourth-order valence-corrected chi connectivity index (χ4v) is 2.96. The summed E-state index contributed by atoms with van der Waals surface area (Å²) in [6.07, 6.45) is 3.16. The van der Waals surface area contributed by atoms with Crippen LogP contribution in [0.5, 0.6) is 0 Å². The van der Waals surface area contributed by atoms with Crippen molar-refractivity contribution in [3.8, 4) is 12.1 Å². The summed E-state index contributed by atoms with van der Waals surface area (Å²) in [6, 6.07) is 14.4. The van der Waals surface area contributed by atoms with Crippen LogP contribution in [0.4, 0.5) is 0 Å². The lowest BCUT2D eigenvalue weighted by Gasteiger charge is -2.23. The zero-order chi connectivity index (χ0) is 19.6. The van der Waals surface area contributed by atoms with E-state index in [-0.39, 0.29) is 6.29 Å². The van der Waals surface area contributed by atoms with Crippen molar-refractivity contribution in [3.05, 3.63) is 59.2 Å². The van der Waals surface area contributed by atoms with Crippen LogP contribution in [-0.4, -0.2) is 36.1 Å². The molecule has 3 heterocycles. The number of nitrogens with zero attached hydrogens (tertiary/aromatic N) is 4. The van der Waals surface area contributed by atoms with Gasteiger partial charge in [0.25, 0.3) is 0 Å². The monoisotopic (exact) mass is 378 g/mol. The molecule has 0 aliphatic carbocycles. The predicted molar refractivity (Wildman–Crippen MR) is 99.9 cm³/mol. The molecule has 28 heavy (non-hydrogen) atoms. The van der Waals surface area contributed by atoms with Crippen molar-refractivity contribution in [1.29, 1.82) is 10.5 Å². The molecule has 0 bridgehead atoms. The molecule has 0 amide bonds. The Kier molecular flexibility index (Phi) is 7.45. The van der Waals surface area contributed by atoms with E-state index in [9.17, 15) is 0 Å². The highest BCUT2D eigenvalue weighted by Gasteiger charge is 2.19. The molecular formula is C21H22N4O3. The van der Waals surface area contributed by atoms with Crippen LogP contribution in [-0.2, 0) is 14.2 Å². The lowest BCUT2D eigenvalue weighted by Crippen LogP contribution is -2.23. The third-order valence-electron chi connectivity index (χ3n) is 4.32. The van der Waals surface area contributed by atoms with Crippen LogP contribution in [0.1, 0.15) is 54.6 Å². The number of pyridine rings is 2. The second-order valence-electron chi connectivity index (χ2n) is 6.39. The summed E-state index contributed by atoms with van der Waals surface area (Å²) in [4.78, 5) is 8.67.